The summed E-state index contributed by atoms with van der Waals surface area (Å²) in [7, 11) is 0. The molecule has 4 heteroatoms. The molecule has 1 aliphatic rings. The lowest BCUT2D eigenvalue weighted by molar-refractivity contribution is 0.783. The Bertz CT molecular complexity index is 3200. The van der Waals surface area contributed by atoms with Crippen molar-refractivity contribution in [3.8, 4) is 67.5 Å². The van der Waals surface area contributed by atoms with E-state index >= 15 is 0 Å². The molecule has 0 spiro atoms. The normalized spacial score (nSPS) is 13.6. The van der Waals surface area contributed by atoms with E-state index in [9.17, 15) is 0 Å². The molecule has 10 aromatic rings. The monoisotopic (exact) mass is 759 g/mol. The maximum absolute atomic E-state index is 5.33. The summed E-state index contributed by atoms with van der Waals surface area (Å²) < 4.78 is 1.22. The second kappa shape index (κ2) is 14.2. The SMILES string of the molecule is CC1CC=Cc2sc3c(-c4nc(-c5ccc(-c6ccc7ccccc7c6)cc5)nc(-c5ccc(-c6ccc(-c7ccccc7)cc6)c6ccccc56)n4)cccc3c21. The van der Waals surface area contributed by atoms with Crippen LogP contribution in [-0.2, 0) is 0 Å². The number of aromatic nitrogens is 3. The van der Waals surface area contributed by atoms with Gasteiger partial charge in [0.1, 0.15) is 0 Å². The predicted molar refractivity (Wildman–Crippen MR) is 245 cm³/mol. The van der Waals surface area contributed by atoms with Crippen molar-refractivity contribution in [2.45, 2.75) is 19.3 Å². The molecular weight excluding hydrogens is 723 g/mol. The van der Waals surface area contributed by atoms with Crippen LogP contribution in [0.2, 0.25) is 0 Å². The number of thiophene rings is 1. The second-order valence-electron chi connectivity index (χ2n) is 15.2. The molecule has 0 saturated carbocycles. The third kappa shape index (κ3) is 6.01. The molecule has 0 N–H and O–H groups in total. The average Bonchev–Trinajstić information content (AvgIpc) is 3.69. The lowest BCUT2D eigenvalue weighted by atomic mass is 9.90. The Hall–Kier alpha value is -7.01. The highest BCUT2D eigenvalue weighted by molar-refractivity contribution is 7.20. The Morgan fingerprint density at radius 2 is 1.00 bits per heavy atom. The Morgan fingerprint density at radius 1 is 0.431 bits per heavy atom. The van der Waals surface area contributed by atoms with E-state index in [0.717, 1.165) is 39.4 Å². The topological polar surface area (TPSA) is 38.7 Å². The molecule has 1 aliphatic carbocycles. The number of nitrogens with zero attached hydrogens (tertiary/aromatic N) is 3. The minimum absolute atomic E-state index is 0.467. The lowest BCUT2D eigenvalue weighted by Crippen LogP contribution is -2.01. The van der Waals surface area contributed by atoms with Crippen LogP contribution in [0.5, 0.6) is 0 Å². The van der Waals surface area contributed by atoms with Gasteiger partial charge in [-0.3, -0.25) is 0 Å². The van der Waals surface area contributed by atoms with Crippen molar-refractivity contribution in [1.82, 2.24) is 15.0 Å². The van der Waals surface area contributed by atoms with Gasteiger partial charge >= 0.3 is 0 Å². The van der Waals surface area contributed by atoms with Gasteiger partial charge in [0, 0.05) is 26.3 Å². The fraction of sp³-hybridized carbons (Fsp3) is 0.0556. The molecule has 58 heavy (non-hydrogen) atoms. The van der Waals surface area contributed by atoms with Crippen LogP contribution >= 0.6 is 11.3 Å². The van der Waals surface area contributed by atoms with E-state index in [4.69, 9.17) is 15.0 Å². The highest BCUT2D eigenvalue weighted by Crippen LogP contribution is 2.45. The maximum atomic E-state index is 5.33. The molecule has 0 fully saturated rings. The molecule has 11 rings (SSSR count). The molecule has 2 aromatic heterocycles. The van der Waals surface area contributed by atoms with Crippen LogP contribution in [0.25, 0.3) is 105 Å². The number of benzene rings is 8. The van der Waals surface area contributed by atoms with Crippen LogP contribution in [-0.4, -0.2) is 15.0 Å². The Morgan fingerprint density at radius 3 is 1.79 bits per heavy atom. The number of rotatable bonds is 6. The van der Waals surface area contributed by atoms with Gasteiger partial charge in [-0.2, -0.15) is 0 Å². The van der Waals surface area contributed by atoms with Crippen LogP contribution in [0.1, 0.15) is 29.7 Å². The van der Waals surface area contributed by atoms with Crippen molar-refractivity contribution in [1.29, 1.82) is 0 Å². The van der Waals surface area contributed by atoms with E-state index in [2.05, 4.69) is 195 Å². The van der Waals surface area contributed by atoms with Gasteiger partial charge in [-0.1, -0.05) is 171 Å². The molecule has 274 valence electrons. The van der Waals surface area contributed by atoms with Gasteiger partial charge in [0.05, 0.1) is 0 Å². The average molecular weight is 760 g/mol. The Kier molecular flexibility index (Phi) is 8.37. The van der Waals surface area contributed by atoms with E-state index in [0.29, 0.717) is 23.4 Å². The molecule has 3 nitrogen and oxygen atoms in total. The zero-order valence-electron chi connectivity index (χ0n) is 31.9. The van der Waals surface area contributed by atoms with Gasteiger partial charge in [-0.15, -0.1) is 11.3 Å². The van der Waals surface area contributed by atoms with Crippen LogP contribution < -0.4 is 0 Å². The molecule has 0 aliphatic heterocycles. The predicted octanol–water partition coefficient (Wildman–Crippen LogP) is 14.9. The van der Waals surface area contributed by atoms with Crippen LogP contribution in [0, 0.1) is 0 Å². The number of allylic oxidation sites excluding steroid dienone is 1. The summed E-state index contributed by atoms with van der Waals surface area (Å²) in [6.07, 6.45) is 5.64. The van der Waals surface area contributed by atoms with Crippen molar-refractivity contribution >= 4 is 49.0 Å². The standard InChI is InChI=1S/C54H37N3S/c1-34-11-9-20-49-50(34)47-18-10-19-48(51(47)58-49)54-56-52(40-28-23-38(24-29-40)42-30-25-36-14-5-6-15-41(36)33-42)55-53(57-54)46-32-31-43(44-16-7-8-17-45(44)46)39-26-21-37(22-27-39)35-12-3-2-4-13-35/h2-10,12-34H,11H2,1H3. The van der Waals surface area contributed by atoms with E-state index in [1.807, 2.05) is 11.3 Å². The molecule has 2 heterocycles. The van der Waals surface area contributed by atoms with Gasteiger partial charge < -0.3 is 0 Å². The fourth-order valence-corrected chi connectivity index (χ4v) is 9.97. The van der Waals surface area contributed by atoms with Gasteiger partial charge in [0.25, 0.3) is 0 Å². The van der Waals surface area contributed by atoms with E-state index < -0.39 is 0 Å². The van der Waals surface area contributed by atoms with E-state index in [1.165, 1.54) is 59.1 Å². The van der Waals surface area contributed by atoms with E-state index in [1.54, 1.807) is 0 Å². The number of hydrogen-bond acceptors (Lipinski definition) is 4. The first-order valence-electron chi connectivity index (χ1n) is 19.9. The molecule has 0 saturated heterocycles. The molecular formula is C54H37N3S. The largest absolute Gasteiger partial charge is 0.208 e. The van der Waals surface area contributed by atoms with Gasteiger partial charge in [-0.25, -0.2) is 15.0 Å². The third-order valence-corrected chi connectivity index (χ3v) is 12.8. The highest BCUT2D eigenvalue weighted by Gasteiger charge is 2.23. The van der Waals surface area contributed by atoms with E-state index in [-0.39, 0.29) is 0 Å². The molecule has 1 atom stereocenters. The third-order valence-electron chi connectivity index (χ3n) is 11.6. The zero-order valence-corrected chi connectivity index (χ0v) is 32.7. The molecule has 0 radical (unpaired) electrons. The summed E-state index contributed by atoms with van der Waals surface area (Å²) >= 11 is 1.84. The molecule has 1 unspecified atom stereocenters. The quantitative estimate of drug-likeness (QED) is 0.169. The van der Waals surface area contributed by atoms with Crippen molar-refractivity contribution in [3.63, 3.8) is 0 Å². The Balaban J connectivity index is 1.06. The van der Waals surface area contributed by atoms with Crippen LogP contribution in [0.3, 0.4) is 0 Å². The number of hydrogen-bond donors (Lipinski definition) is 0. The van der Waals surface area contributed by atoms with Gasteiger partial charge in [-0.05, 0) is 102 Å². The second-order valence-corrected chi connectivity index (χ2v) is 16.2. The van der Waals surface area contributed by atoms with Gasteiger partial charge in [0.15, 0.2) is 17.5 Å². The van der Waals surface area contributed by atoms with Crippen molar-refractivity contribution in [3.05, 3.63) is 192 Å². The summed E-state index contributed by atoms with van der Waals surface area (Å²) in [5.41, 5.74) is 11.5. The summed E-state index contributed by atoms with van der Waals surface area (Å²) in [4.78, 5) is 17.2. The minimum Gasteiger partial charge on any atom is -0.208 e. The smallest absolute Gasteiger partial charge is 0.165 e. The fourth-order valence-electron chi connectivity index (χ4n) is 8.61. The summed E-state index contributed by atoms with van der Waals surface area (Å²) in [5, 5.41) is 6.02. The molecule has 8 aromatic carbocycles. The summed E-state index contributed by atoms with van der Waals surface area (Å²) in [5.74, 6) is 2.46. The number of fused-ring (bicyclic) bond motifs is 5. The molecule has 0 bridgehead atoms. The van der Waals surface area contributed by atoms with Crippen molar-refractivity contribution < 1.29 is 0 Å². The first kappa shape index (κ1) is 34.3. The Labute approximate surface area is 341 Å². The maximum Gasteiger partial charge on any atom is 0.165 e. The molecule has 0 amide bonds. The van der Waals surface area contributed by atoms with Gasteiger partial charge in [0.2, 0.25) is 0 Å². The summed E-state index contributed by atoms with van der Waals surface area (Å²) in [6.45, 7) is 2.33. The van der Waals surface area contributed by atoms with Crippen molar-refractivity contribution in [2.75, 3.05) is 0 Å². The highest BCUT2D eigenvalue weighted by atomic mass is 32.1. The first-order chi connectivity index (χ1) is 28.6. The first-order valence-corrected chi connectivity index (χ1v) is 20.7. The van der Waals surface area contributed by atoms with Crippen molar-refractivity contribution in [2.24, 2.45) is 0 Å². The zero-order chi connectivity index (χ0) is 38.6. The van der Waals surface area contributed by atoms with Crippen LogP contribution in [0.4, 0.5) is 0 Å². The lowest BCUT2D eigenvalue weighted by Gasteiger charge is -2.14. The minimum atomic E-state index is 0.467. The summed E-state index contributed by atoms with van der Waals surface area (Å²) in [6, 6.07) is 62.8. The van der Waals surface area contributed by atoms with Crippen LogP contribution in [0.15, 0.2) is 182 Å².